The molecular formula is C18H20N8O3S. The molecule has 0 spiro atoms. The molecule has 30 heavy (non-hydrogen) atoms. The van der Waals surface area contributed by atoms with Crippen molar-refractivity contribution in [3.8, 4) is 5.75 Å². The summed E-state index contributed by atoms with van der Waals surface area (Å²) in [7, 11) is 0. The number of carbonyl (C=O) groups is 1. The van der Waals surface area contributed by atoms with Crippen molar-refractivity contribution in [1.82, 2.24) is 5.48 Å². The number of fused-ring (bicyclic) bond motifs is 1. The van der Waals surface area contributed by atoms with Crippen molar-refractivity contribution < 1.29 is 13.8 Å². The predicted octanol–water partition coefficient (Wildman–Crippen LogP) is 0.510. The van der Waals surface area contributed by atoms with Crippen LogP contribution in [0.5, 0.6) is 5.75 Å². The van der Waals surface area contributed by atoms with Crippen molar-refractivity contribution in [2.24, 2.45) is 26.8 Å². The number of nitrogens with two attached hydrogens (primary N) is 3. The number of benzene rings is 2. The number of rotatable bonds is 6. The lowest BCUT2D eigenvalue weighted by molar-refractivity contribution is -0.113. The molecule has 9 N–H and O–H groups in total. The first-order valence-corrected chi connectivity index (χ1v) is 9.80. The molecular weight excluding hydrogens is 408 g/mol. The highest BCUT2D eigenvalue weighted by atomic mass is 32.2. The van der Waals surface area contributed by atoms with Crippen molar-refractivity contribution in [2.45, 2.75) is 6.92 Å². The van der Waals surface area contributed by atoms with Crippen LogP contribution < -0.4 is 37.0 Å². The van der Waals surface area contributed by atoms with E-state index in [0.29, 0.717) is 28.4 Å². The van der Waals surface area contributed by atoms with Crippen molar-refractivity contribution >= 4 is 46.2 Å². The van der Waals surface area contributed by atoms with Gasteiger partial charge in [0.2, 0.25) is 5.96 Å². The lowest BCUT2D eigenvalue weighted by Gasteiger charge is -2.20. The van der Waals surface area contributed by atoms with Gasteiger partial charge >= 0.3 is 0 Å². The summed E-state index contributed by atoms with van der Waals surface area (Å²) in [5, 5.41) is 15.5. The molecule has 0 bridgehead atoms. The van der Waals surface area contributed by atoms with Gasteiger partial charge in [0.15, 0.2) is 16.9 Å². The molecule has 12 heteroatoms. The average molecular weight is 428 g/mol. The van der Waals surface area contributed by atoms with Gasteiger partial charge in [-0.2, -0.15) is 5.10 Å². The fraction of sp³-hybridized carbons (Fsp3) is 0.0556. The van der Waals surface area contributed by atoms with Crippen LogP contribution in [-0.4, -0.2) is 21.8 Å². The van der Waals surface area contributed by atoms with E-state index in [1.807, 2.05) is 0 Å². The second-order valence-corrected chi connectivity index (χ2v) is 6.93. The zero-order chi connectivity index (χ0) is 21.7. The second-order valence-electron chi connectivity index (χ2n) is 6.13. The van der Waals surface area contributed by atoms with Crippen LogP contribution in [0.2, 0.25) is 0 Å². The minimum atomic E-state index is -1.75. The zero-order valence-electron chi connectivity index (χ0n) is 15.9. The minimum Gasteiger partial charge on any atom is -0.379 e. The normalized spacial score (nSPS) is 13.7. The van der Waals surface area contributed by atoms with E-state index in [0.717, 1.165) is 5.56 Å². The third kappa shape index (κ3) is 5.12. The van der Waals surface area contributed by atoms with Crippen molar-refractivity contribution in [3.63, 3.8) is 0 Å². The van der Waals surface area contributed by atoms with E-state index in [4.69, 9.17) is 21.4 Å². The zero-order valence-corrected chi connectivity index (χ0v) is 16.7. The molecule has 0 aromatic heterocycles. The van der Waals surface area contributed by atoms with E-state index in [1.165, 1.54) is 0 Å². The van der Waals surface area contributed by atoms with E-state index < -0.39 is 17.1 Å². The molecule has 156 valence electrons. The summed E-state index contributed by atoms with van der Waals surface area (Å²) in [4.78, 5) is 18.0. The average Bonchev–Trinajstić information content (AvgIpc) is 2.72. The van der Waals surface area contributed by atoms with Gasteiger partial charge in [-0.1, -0.05) is 24.3 Å². The highest BCUT2D eigenvalue weighted by Gasteiger charge is 2.20. The van der Waals surface area contributed by atoms with Gasteiger partial charge in [-0.3, -0.25) is 9.52 Å². The molecule has 0 aliphatic carbocycles. The first-order valence-electron chi connectivity index (χ1n) is 8.59. The maximum atomic E-state index is 12.6. The summed E-state index contributed by atoms with van der Waals surface area (Å²) in [5.74, 6) is -0.151. The monoisotopic (exact) mass is 428 g/mol. The van der Waals surface area contributed by atoms with Gasteiger partial charge < -0.3 is 21.6 Å². The fourth-order valence-electron chi connectivity index (χ4n) is 2.56. The number of nitrogens with zero attached hydrogens (tertiary/aromatic N) is 2. The summed E-state index contributed by atoms with van der Waals surface area (Å²) >= 11 is -1.75. The Morgan fingerprint density at radius 3 is 2.53 bits per heavy atom. The summed E-state index contributed by atoms with van der Waals surface area (Å²) in [6.07, 6.45) is 1.61. The van der Waals surface area contributed by atoms with Gasteiger partial charge in [0.05, 0.1) is 11.4 Å². The molecule has 1 amide bonds. The van der Waals surface area contributed by atoms with Crippen LogP contribution >= 0.6 is 0 Å². The van der Waals surface area contributed by atoms with Gasteiger partial charge in [-0.25, -0.2) is 14.8 Å². The minimum absolute atomic E-state index is 0.130. The van der Waals surface area contributed by atoms with Crippen molar-refractivity contribution in [1.29, 1.82) is 0 Å². The molecule has 0 saturated carbocycles. The summed E-state index contributed by atoms with van der Waals surface area (Å²) in [5.41, 5.74) is 16.3. The highest BCUT2D eigenvalue weighted by Crippen LogP contribution is 2.32. The molecule has 1 unspecified atom stereocenters. The number of amides is 1. The molecule has 3 rings (SSSR count). The van der Waals surface area contributed by atoms with Crippen LogP contribution in [0.15, 0.2) is 58.4 Å². The summed E-state index contributed by atoms with van der Waals surface area (Å²) < 4.78 is 13.8. The summed E-state index contributed by atoms with van der Waals surface area (Å²) in [6.45, 7) is 1.76. The van der Waals surface area contributed by atoms with Gasteiger partial charge in [-0.15, -0.1) is 5.10 Å². The Labute approximate surface area is 174 Å². The number of para-hydroxylation sites is 1. The van der Waals surface area contributed by atoms with Crippen molar-refractivity contribution in [2.75, 3.05) is 10.0 Å². The number of nitrogens with one attached hydrogen (secondary N) is 3. The Morgan fingerprint density at radius 1 is 1.13 bits per heavy atom. The quantitative estimate of drug-likeness (QED) is 0.221. The molecule has 11 nitrogen and oxygen atoms in total. The van der Waals surface area contributed by atoms with E-state index in [1.54, 1.807) is 55.5 Å². The summed E-state index contributed by atoms with van der Waals surface area (Å²) in [6, 6.07) is 12.1. The van der Waals surface area contributed by atoms with E-state index in [-0.39, 0.29) is 11.7 Å². The largest absolute Gasteiger partial charge is 0.379 e. The molecule has 1 heterocycles. The molecule has 0 radical (unpaired) electrons. The first kappa shape index (κ1) is 20.8. The molecule has 1 aliphatic rings. The van der Waals surface area contributed by atoms with Gasteiger partial charge in [0.25, 0.3) is 5.91 Å². The van der Waals surface area contributed by atoms with E-state index in [9.17, 15) is 9.00 Å². The first-order chi connectivity index (χ1) is 14.3. The topological polar surface area (TPSA) is 182 Å². The molecule has 1 aliphatic heterocycles. The standard InChI is InChI=1S/C18H20N8O3S/c1-10(23-24-18(19)20)11-5-7-13(8-6-11)22-17(27)15-9-12-3-2-4-14(26-30(21)28)16(12)29-25-15/h2-9,25-26H,21H2,1H3,(H,22,27)(H4,19,20,24)/b23-10+. The predicted molar refractivity (Wildman–Crippen MR) is 117 cm³/mol. The number of hydrogen-bond acceptors (Lipinski definition) is 6. The van der Waals surface area contributed by atoms with Gasteiger partial charge in [-0.05, 0) is 36.8 Å². The lowest BCUT2D eigenvalue weighted by Crippen LogP contribution is -2.31. The van der Waals surface area contributed by atoms with E-state index in [2.05, 4.69) is 25.7 Å². The van der Waals surface area contributed by atoms with E-state index >= 15 is 0 Å². The Kier molecular flexibility index (Phi) is 6.29. The Morgan fingerprint density at radius 2 is 1.87 bits per heavy atom. The van der Waals surface area contributed by atoms with Crippen LogP contribution in [0.4, 0.5) is 11.4 Å². The number of carbonyl (C=O) groups excluding carboxylic acids is 1. The maximum Gasteiger partial charge on any atom is 0.275 e. The SMILES string of the molecule is C/C(=N\N=C(N)N)c1ccc(NC(=O)C2=Cc3cccc(NS(N)=O)c3ON2)cc1. The number of guanidine groups is 1. The van der Waals surface area contributed by atoms with Crippen LogP contribution in [0.25, 0.3) is 6.08 Å². The van der Waals surface area contributed by atoms with Gasteiger partial charge in [0.1, 0.15) is 5.70 Å². The maximum absolute atomic E-state index is 12.6. The molecule has 0 fully saturated rings. The lowest BCUT2D eigenvalue weighted by atomic mass is 10.1. The third-order valence-electron chi connectivity index (χ3n) is 3.94. The number of hydrogen-bond donors (Lipinski definition) is 6. The Balaban J connectivity index is 1.73. The van der Waals surface area contributed by atoms with Crippen LogP contribution in [-0.2, 0) is 16.0 Å². The number of anilines is 2. The second kappa shape index (κ2) is 9.07. The van der Waals surface area contributed by atoms with Crippen molar-refractivity contribution in [3.05, 3.63) is 59.3 Å². The molecule has 2 aromatic carbocycles. The third-order valence-corrected chi connectivity index (χ3v) is 4.36. The number of hydroxylamine groups is 1. The van der Waals surface area contributed by atoms with Crippen LogP contribution in [0.1, 0.15) is 18.1 Å². The Bertz CT molecular complexity index is 1080. The fourth-order valence-corrected chi connectivity index (χ4v) is 2.94. The van der Waals surface area contributed by atoms with Gasteiger partial charge in [0, 0.05) is 11.3 Å². The Hall–Kier alpha value is -3.90. The molecule has 2 aromatic rings. The van der Waals surface area contributed by atoms with Crippen LogP contribution in [0, 0.1) is 0 Å². The smallest absolute Gasteiger partial charge is 0.275 e. The molecule has 1 atom stereocenters. The highest BCUT2D eigenvalue weighted by molar-refractivity contribution is 7.84. The van der Waals surface area contributed by atoms with Crippen LogP contribution in [0.3, 0.4) is 0 Å². The molecule has 0 saturated heterocycles.